The quantitative estimate of drug-likeness (QED) is 0.850. The molecule has 2 heteroatoms. The highest BCUT2D eigenvalue weighted by Crippen LogP contribution is 2.21. The summed E-state index contributed by atoms with van der Waals surface area (Å²) in [5.41, 5.74) is 3.32. The fourth-order valence-electron chi connectivity index (χ4n) is 2.51. The molecule has 0 saturated carbocycles. The third kappa shape index (κ3) is 2.47. The first kappa shape index (κ1) is 12.9. The van der Waals surface area contributed by atoms with E-state index in [0.29, 0.717) is 0 Å². The van der Waals surface area contributed by atoms with Crippen LogP contribution in [0.15, 0.2) is 29.1 Å². The predicted molar refractivity (Wildman–Crippen MR) is 77.2 cm³/mol. The Labute approximate surface area is 108 Å². The number of pyridine rings is 1. The lowest BCUT2D eigenvalue weighted by Crippen LogP contribution is -2.16. The van der Waals surface area contributed by atoms with Gasteiger partial charge in [0.15, 0.2) is 0 Å². The van der Waals surface area contributed by atoms with Crippen LogP contribution in [-0.2, 0) is 12.8 Å². The number of rotatable bonds is 5. The van der Waals surface area contributed by atoms with Crippen LogP contribution in [0.3, 0.4) is 0 Å². The molecule has 0 unspecified atom stereocenters. The van der Waals surface area contributed by atoms with Crippen molar-refractivity contribution in [3.05, 3.63) is 45.7 Å². The number of fused-ring (bicyclic) bond motifs is 1. The molecule has 0 amide bonds. The summed E-state index contributed by atoms with van der Waals surface area (Å²) in [6, 6.07) is 8.13. The summed E-state index contributed by atoms with van der Waals surface area (Å²) < 4.78 is 0. The van der Waals surface area contributed by atoms with Gasteiger partial charge in [0.25, 0.3) is 5.56 Å². The number of H-pyrrole nitrogens is 1. The number of hydrogen-bond donors (Lipinski definition) is 1. The smallest absolute Gasteiger partial charge is 0.251 e. The topological polar surface area (TPSA) is 32.9 Å². The number of benzene rings is 1. The molecule has 0 aliphatic rings. The molecule has 2 rings (SSSR count). The van der Waals surface area contributed by atoms with Crippen LogP contribution in [0.1, 0.15) is 44.2 Å². The molecule has 0 aliphatic carbocycles. The summed E-state index contributed by atoms with van der Waals surface area (Å²) in [6.45, 7) is 4.31. The average molecular weight is 243 g/mol. The highest BCUT2D eigenvalue weighted by molar-refractivity contribution is 5.83. The summed E-state index contributed by atoms with van der Waals surface area (Å²) in [5.74, 6) is 0. The van der Waals surface area contributed by atoms with Crippen molar-refractivity contribution >= 4 is 10.9 Å². The molecule has 2 aromatic rings. The SMILES string of the molecule is CCCCc1c(CCC)c(=O)[nH]c2ccccc12. The van der Waals surface area contributed by atoms with Gasteiger partial charge in [-0.2, -0.15) is 0 Å². The number of nitrogens with one attached hydrogen (secondary N) is 1. The number of unbranched alkanes of at least 4 members (excludes halogenated alkanes) is 1. The number of aromatic amines is 1. The van der Waals surface area contributed by atoms with Crippen molar-refractivity contribution in [1.82, 2.24) is 4.98 Å². The van der Waals surface area contributed by atoms with E-state index in [-0.39, 0.29) is 5.56 Å². The number of hydrogen-bond acceptors (Lipinski definition) is 1. The minimum atomic E-state index is 0.0988. The highest BCUT2D eigenvalue weighted by atomic mass is 16.1. The molecule has 96 valence electrons. The lowest BCUT2D eigenvalue weighted by atomic mass is 9.96. The van der Waals surface area contributed by atoms with Gasteiger partial charge in [0.2, 0.25) is 0 Å². The van der Waals surface area contributed by atoms with E-state index in [2.05, 4.69) is 24.9 Å². The van der Waals surface area contributed by atoms with Gasteiger partial charge >= 0.3 is 0 Å². The van der Waals surface area contributed by atoms with Crippen LogP contribution in [0.2, 0.25) is 0 Å². The molecular formula is C16H21NO. The van der Waals surface area contributed by atoms with Crippen molar-refractivity contribution < 1.29 is 0 Å². The van der Waals surface area contributed by atoms with Crippen LogP contribution in [0, 0.1) is 0 Å². The molecule has 0 aliphatic heterocycles. The Morgan fingerprint density at radius 3 is 2.50 bits per heavy atom. The molecule has 2 nitrogen and oxygen atoms in total. The van der Waals surface area contributed by atoms with Gasteiger partial charge in [-0.3, -0.25) is 4.79 Å². The van der Waals surface area contributed by atoms with E-state index in [0.717, 1.165) is 43.2 Å². The van der Waals surface area contributed by atoms with Gasteiger partial charge in [-0.25, -0.2) is 0 Å². The first-order valence-electron chi connectivity index (χ1n) is 6.90. The van der Waals surface area contributed by atoms with E-state index < -0.39 is 0 Å². The normalized spacial score (nSPS) is 11.0. The number of aryl methyl sites for hydroxylation is 1. The molecule has 0 spiro atoms. The predicted octanol–water partition coefficient (Wildman–Crippen LogP) is 3.82. The minimum absolute atomic E-state index is 0.0988. The van der Waals surface area contributed by atoms with Crippen molar-refractivity contribution in [3.63, 3.8) is 0 Å². The molecule has 1 heterocycles. The summed E-state index contributed by atoms with van der Waals surface area (Å²) in [5, 5.41) is 1.22. The Bertz CT molecular complexity index is 583. The summed E-state index contributed by atoms with van der Waals surface area (Å²) in [4.78, 5) is 15.2. The maximum atomic E-state index is 12.2. The third-order valence-corrected chi connectivity index (χ3v) is 3.42. The van der Waals surface area contributed by atoms with Crippen LogP contribution in [0.4, 0.5) is 0 Å². The van der Waals surface area contributed by atoms with Gasteiger partial charge in [-0.1, -0.05) is 44.9 Å². The first-order valence-corrected chi connectivity index (χ1v) is 6.90. The first-order chi connectivity index (χ1) is 8.77. The van der Waals surface area contributed by atoms with Gasteiger partial charge in [0.1, 0.15) is 0 Å². The largest absolute Gasteiger partial charge is 0.322 e. The van der Waals surface area contributed by atoms with Gasteiger partial charge in [-0.15, -0.1) is 0 Å². The number of para-hydroxylation sites is 1. The zero-order chi connectivity index (χ0) is 13.0. The van der Waals surface area contributed by atoms with Crippen LogP contribution >= 0.6 is 0 Å². The highest BCUT2D eigenvalue weighted by Gasteiger charge is 2.10. The third-order valence-electron chi connectivity index (χ3n) is 3.42. The molecule has 0 radical (unpaired) electrons. The van der Waals surface area contributed by atoms with Crippen LogP contribution in [0.25, 0.3) is 10.9 Å². The summed E-state index contributed by atoms with van der Waals surface area (Å²) >= 11 is 0. The molecular weight excluding hydrogens is 222 g/mol. The maximum absolute atomic E-state index is 12.2. The van der Waals surface area contributed by atoms with Gasteiger partial charge in [-0.05, 0) is 30.9 Å². The molecule has 0 fully saturated rings. The Morgan fingerprint density at radius 1 is 1.00 bits per heavy atom. The molecule has 18 heavy (non-hydrogen) atoms. The standard InChI is InChI=1S/C16H21NO/c1-3-5-9-12-13-10-6-7-11-15(13)17-16(18)14(12)8-4-2/h6-7,10-11H,3-5,8-9H2,1-2H3,(H,17,18). The fraction of sp³-hybridized carbons (Fsp3) is 0.438. The van der Waals surface area contributed by atoms with Crippen molar-refractivity contribution in [3.8, 4) is 0 Å². The molecule has 1 aromatic heterocycles. The maximum Gasteiger partial charge on any atom is 0.251 e. The summed E-state index contributed by atoms with van der Waals surface area (Å²) in [6.07, 6.45) is 5.20. The van der Waals surface area contributed by atoms with Crippen molar-refractivity contribution in [2.24, 2.45) is 0 Å². The van der Waals surface area contributed by atoms with Crippen LogP contribution < -0.4 is 5.56 Å². The second kappa shape index (κ2) is 5.85. The Balaban J connectivity index is 2.64. The molecule has 1 aromatic carbocycles. The Morgan fingerprint density at radius 2 is 1.78 bits per heavy atom. The van der Waals surface area contributed by atoms with E-state index in [1.54, 1.807) is 0 Å². The lowest BCUT2D eigenvalue weighted by molar-refractivity contribution is 0.780. The Hall–Kier alpha value is -1.57. The monoisotopic (exact) mass is 243 g/mol. The summed E-state index contributed by atoms with van der Waals surface area (Å²) in [7, 11) is 0. The van der Waals surface area contributed by atoms with E-state index in [1.165, 1.54) is 10.9 Å². The average Bonchev–Trinajstić information content (AvgIpc) is 2.38. The van der Waals surface area contributed by atoms with E-state index in [4.69, 9.17) is 0 Å². The van der Waals surface area contributed by atoms with Crippen molar-refractivity contribution in [2.45, 2.75) is 46.0 Å². The lowest BCUT2D eigenvalue weighted by Gasteiger charge is -2.11. The zero-order valence-electron chi connectivity index (χ0n) is 11.3. The van der Waals surface area contributed by atoms with E-state index in [1.807, 2.05) is 18.2 Å². The zero-order valence-corrected chi connectivity index (χ0v) is 11.3. The molecule has 1 N–H and O–H groups in total. The van der Waals surface area contributed by atoms with E-state index >= 15 is 0 Å². The van der Waals surface area contributed by atoms with Crippen LogP contribution in [0.5, 0.6) is 0 Å². The molecule has 0 saturated heterocycles. The molecule has 0 atom stereocenters. The fourth-order valence-corrected chi connectivity index (χ4v) is 2.51. The minimum Gasteiger partial charge on any atom is -0.322 e. The van der Waals surface area contributed by atoms with Gasteiger partial charge < -0.3 is 4.98 Å². The molecule has 0 bridgehead atoms. The van der Waals surface area contributed by atoms with Gasteiger partial charge in [0.05, 0.1) is 0 Å². The number of aromatic nitrogens is 1. The van der Waals surface area contributed by atoms with Crippen LogP contribution in [-0.4, -0.2) is 4.98 Å². The second-order valence-electron chi connectivity index (χ2n) is 4.81. The van der Waals surface area contributed by atoms with Crippen molar-refractivity contribution in [2.75, 3.05) is 0 Å². The van der Waals surface area contributed by atoms with Crippen molar-refractivity contribution in [1.29, 1.82) is 0 Å². The van der Waals surface area contributed by atoms with Gasteiger partial charge in [0, 0.05) is 16.5 Å². The second-order valence-corrected chi connectivity index (χ2v) is 4.81. The Kier molecular flexibility index (Phi) is 4.19. The van der Waals surface area contributed by atoms with E-state index in [9.17, 15) is 4.79 Å².